The number of carbonyl (C=O) groups is 4. The van der Waals surface area contributed by atoms with Gasteiger partial charge in [-0.25, -0.2) is 4.79 Å². The fraction of sp³-hybridized carbons (Fsp3) is 0.100. The van der Waals surface area contributed by atoms with Crippen molar-refractivity contribution in [1.29, 1.82) is 0 Å². The normalized spacial score (nSPS) is 13.3. The molecular weight excluding hydrogens is 378 g/mol. The molecule has 2 aromatic carbocycles. The molecule has 29 heavy (non-hydrogen) atoms. The summed E-state index contributed by atoms with van der Waals surface area (Å²) < 4.78 is 10.5. The predicted molar refractivity (Wildman–Crippen MR) is 103 cm³/mol. The number of anilines is 1. The SMILES string of the molecule is COc1ccc(NC(=O)COc2ccc(C=C3C(=O)NC(=O)NC3=O)cc2)cc1. The van der Waals surface area contributed by atoms with Crippen LogP contribution in [0.5, 0.6) is 11.5 Å². The fourth-order valence-corrected chi connectivity index (χ4v) is 2.45. The molecule has 0 spiro atoms. The van der Waals surface area contributed by atoms with Gasteiger partial charge in [0.15, 0.2) is 6.61 Å². The molecule has 0 aromatic heterocycles. The number of nitrogens with one attached hydrogen (secondary N) is 3. The second-order valence-electron chi connectivity index (χ2n) is 5.93. The summed E-state index contributed by atoms with van der Waals surface area (Å²) in [5.74, 6) is -0.751. The summed E-state index contributed by atoms with van der Waals surface area (Å²) in [6, 6.07) is 12.4. The van der Waals surface area contributed by atoms with Crippen LogP contribution in [0.25, 0.3) is 6.08 Å². The summed E-state index contributed by atoms with van der Waals surface area (Å²) in [6.07, 6.45) is 1.34. The van der Waals surface area contributed by atoms with E-state index in [4.69, 9.17) is 9.47 Å². The molecule has 0 saturated carbocycles. The molecule has 1 fully saturated rings. The van der Waals surface area contributed by atoms with Gasteiger partial charge in [0.1, 0.15) is 17.1 Å². The molecule has 0 radical (unpaired) electrons. The maximum absolute atomic E-state index is 12.0. The van der Waals surface area contributed by atoms with Crippen molar-refractivity contribution in [3.63, 3.8) is 0 Å². The Bertz CT molecular complexity index is 958. The molecule has 3 rings (SSSR count). The zero-order valence-electron chi connectivity index (χ0n) is 15.4. The summed E-state index contributed by atoms with van der Waals surface area (Å²) in [7, 11) is 1.56. The van der Waals surface area contributed by atoms with Gasteiger partial charge in [-0.1, -0.05) is 12.1 Å². The van der Waals surface area contributed by atoms with Crippen LogP contribution in [0.15, 0.2) is 54.1 Å². The summed E-state index contributed by atoms with van der Waals surface area (Å²) >= 11 is 0. The van der Waals surface area contributed by atoms with Crippen LogP contribution in [-0.2, 0) is 14.4 Å². The summed E-state index contributed by atoms with van der Waals surface area (Å²) in [5, 5.41) is 6.69. The fourth-order valence-electron chi connectivity index (χ4n) is 2.45. The van der Waals surface area contributed by atoms with Crippen LogP contribution in [0, 0.1) is 0 Å². The van der Waals surface area contributed by atoms with E-state index in [2.05, 4.69) is 5.32 Å². The number of barbiturate groups is 1. The highest BCUT2D eigenvalue weighted by Gasteiger charge is 2.27. The monoisotopic (exact) mass is 395 g/mol. The lowest BCUT2D eigenvalue weighted by Gasteiger charge is -2.14. The predicted octanol–water partition coefficient (Wildman–Crippen LogP) is 1.46. The molecule has 3 N–H and O–H groups in total. The Morgan fingerprint density at radius 1 is 0.931 bits per heavy atom. The highest BCUT2D eigenvalue weighted by atomic mass is 16.5. The summed E-state index contributed by atoms with van der Waals surface area (Å²) in [4.78, 5) is 46.5. The van der Waals surface area contributed by atoms with Crippen molar-refractivity contribution in [2.24, 2.45) is 0 Å². The Kier molecular flexibility index (Phi) is 5.88. The number of imide groups is 2. The number of ether oxygens (including phenoxy) is 2. The van der Waals surface area contributed by atoms with E-state index in [0.29, 0.717) is 22.7 Å². The number of carbonyl (C=O) groups excluding carboxylic acids is 4. The standard InChI is InChI=1S/C20H17N3O6/c1-28-14-8-4-13(5-9-14)21-17(24)11-29-15-6-2-12(3-7-15)10-16-18(25)22-20(27)23-19(16)26/h2-10H,11H2,1H3,(H,21,24)(H2,22,23,25,26,27). The zero-order chi connectivity index (χ0) is 20.8. The van der Waals surface area contributed by atoms with Gasteiger partial charge in [-0.2, -0.15) is 0 Å². The van der Waals surface area contributed by atoms with Gasteiger partial charge in [0.25, 0.3) is 17.7 Å². The Morgan fingerprint density at radius 2 is 1.52 bits per heavy atom. The van der Waals surface area contributed by atoms with Gasteiger partial charge >= 0.3 is 6.03 Å². The lowest BCUT2D eigenvalue weighted by Crippen LogP contribution is -2.51. The van der Waals surface area contributed by atoms with Gasteiger partial charge in [-0.15, -0.1) is 0 Å². The van der Waals surface area contributed by atoms with Crippen LogP contribution in [0.2, 0.25) is 0 Å². The minimum absolute atomic E-state index is 0.183. The van der Waals surface area contributed by atoms with Crippen molar-refractivity contribution in [3.8, 4) is 11.5 Å². The topological polar surface area (TPSA) is 123 Å². The molecule has 2 aromatic rings. The first-order chi connectivity index (χ1) is 13.9. The molecule has 148 valence electrons. The van der Waals surface area contributed by atoms with Gasteiger partial charge in [-0.3, -0.25) is 25.0 Å². The minimum atomic E-state index is -0.853. The molecule has 1 aliphatic heterocycles. The smallest absolute Gasteiger partial charge is 0.328 e. The van der Waals surface area contributed by atoms with Crippen molar-refractivity contribution < 1.29 is 28.7 Å². The second kappa shape index (κ2) is 8.70. The Balaban J connectivity index is 1.55. The van der Waals surface area contributed by atoms with Crippen LogP contribution in [0.1, 0.15) is 5.56 Å². The van der Waals surface area contributed by atoms with E-state index in [1.165, 1.54) is 6.08 Å². The molecule has 0 unspecified atom stereocenters. The van der Waals surface area contributed by atoms with Gasteiger partial charge < -0.3 is 14.8 Å². The van der Waals surface area contributed by atoms with Crippen LogP contribution in [0.3, 0.4) is 0 Å². The van der Waals surface area contributed by atoms with Gasteiger partial charge in [0, 0.05) is 5.69 Å². The number of rotatable bonds is 6. The first kappa shape index (κ1) is 19.6. The van der Waals surface area contributed by atoms with Crippen LogP contribution >= 0.6 is 0 Å². The highest BCUT2D eigenvalue weighted by Crippen LogP contribution is 2.17. The van der Waals surface area contributed by atoms with Gasteiger partial charge in [0.05, 0.1) is 7.11 Å². The van der Waals surface area contributed by atoms with Crippen molar-refractivity contribution in [2.75, 3.05) is 19.0 Å². The van der Waals surface area contributed by atoms with E-state index in [1.807, 2.05) is 10.6 Å². The minimum Gasteiger partial charge on any atom is -0.497 e. The maximum atomic E-state index is 12.0. The third-order valence-electron chi connectivity index (χ3n) is 3.88. The van der Waals surface area contributed by atoms with E-state index in [-0.39, 0.29) is 18.1 Å². The zero-order valence-corrected chi connectivity index (χ0v) is 15.4. The van der Waals surface area contributed by atoms with E-state index < -0.39 is 17.8 Å². The van der Waals surface area contributed by atoms with E-state index in [0.717, 1.165) is 0 Å². The van der Waals surface area contributed by atoms with E-state index in [1.54, 1.807) is 55.6 Å². The number of methoxy groups -OCH3 is 1. The lowest BCUT2D eigenvalue weighted by atomic mass is 10.1. The van der Waals surface area contributed by atoms with Crippen LogP contribution in [-0.4, -0.2) is 37.5 Å². The molecule has 5 amide bonds. The largest absolute Gasteiger partial charge is 0.497 e. The molecule has 1 saturated heterocycles. The molecule has 9 heteroatoms. The number of hydrogen-bond donors (Lipinski definition) is 3. The van der Waals surface area contributed by atoms with Gasteiger partial charge in [0.2, 0.25) is 0 Å². The van der Waals surface area contributed by atoms with Crippen molar-refractivity contribution >= 4 is 35.5 Å². The van der Waals surface area contributed by atoms with Crippen molar-refractivity contribution in [3.05, 3.63) is 59.7 Å². The molecular formula is C20H17N3O6. The number of urea groups is 1. The van der Waals surface area contributed by atoms with Crippen LogP contribution < -0.4 is 25.4 Å². The van der Waals surface area contributed by atoms with Crippen molar-refractivity contribution in [2.45, 2.75) is 0 Å². The highest BCUT2D eigenvalue weighted by molar-refractivity contribution is 6.31. The Morgan fingerprint density at radius 3 is 2.10 bits per heavy atom. The van der Waals surface area contributed by atoms with E-state index >= 15 is 0 Å². The second-order valence-corrected chi connectivity index (χ2v) is 5.93. The first-order valence-corrected chi connectivity index (χ1v) is 8.50. The summed E-state index contributed by atoms with van der Waals surface area (Å²) in [6.45, 7) is -0.195. The maximum Gasteiger partial charge on any atom is 0.328 e. The average Bonchev–Trinajstić information content (AvgIpc) is 2.70. The van der Waals surface area contributed by atoms with E-state index in [9.17, 15) is 19.2 Å². The molecule has 0 bridgehead atoms. The Hall–Kier alpha value is -4.14. The third-order valence-corrected chi connectivity index (χ3v) is 3.88. The first-order valence-electron chi connectivity index (χ1n) is 8.50. The lowest BCUT2D eigenvalue weighted by molar-refractivity contribution is -0.124. The molecule has 1 aliphatic rings. The Labute approximate surface area is 165 Å². The number of hydrogen-bond acceptors (Lipinski definition) is 6. The quantitative estimate of drug-likeness (QED) is 0.503. The summed E-state index contributed by atoms with van der Waals surface area (Å²) in [5.41, 5.74) is 0.982. The number of amides is 5. The van der Waals surface area contributed by atoms with Crippen LogP contribution in [0.4, 0.5) is 10.5 Å². The molecule has 0 aliphatic carbocycles. The van der Waals surface area contributed by atoms with Gasteiger partial charge in [-0.05, 0) is 48.0 Å². The molecule has 0 atom stereocenters. The van der Waals surface area contributed by atoms with Crippen molar-refractivity contribution in [1.82, 2.24) is 10.6 Å². The molecule has 9 nitrogen and oxygen atoms in total. The third kappa shape index (κ3) is 5.19. The average molecular weight is 395 g/mol. The number of benzene rings is 2. The molecule has 1 heterocycles.